The fourth-order valence-electron chi connectivity index (χ4n) is 2.51. The predicted octanol–water partition coefficient (Wildman–Crippen LogP) is 2.13. The summed E-state index contributed by atoms with van der Waals surface area (Å²) in [6, 6.07) is 8.84. The molecule has 0 spiro atoms. The second kappa shape index (κ2) is 5.41. The Kier molecular flexibility index (Phi) is 3.89. The fourth-order valence-corrected chi connectivity index (χ4v) is 2.51. The second-order valence-corrected chi connectivity index (χ2v) is 4.85. The van der Waals surface area contributed by atoms with E-state index in [1.165, 1.54) is 12.1 Å². The van der Waals surface area contributed by atoms with Crippen LogP contribution in [0, 0.1) is 5.92 Å². The number of nitrogens with one attached hydrogen (secondary N) is 1. The summed E-state index contributed by atoms with van der Waals surface area (Å²) in [6.07, 6.45) is 1.25. The Labute approximate surface area is 104 Å². The van der Waals surface area contributed by atoms with Crippen LogP contribution < -0.4 is 15.0 Å². The smallest absolute Gasteiger partial charge is 0.120 e. The van der Waals surface area contributed by atoms with Gasteiger partial charge in [0.1, 0.15) is 5.75 Å². The van der Waals surface area contributed by atoms with E-state index >= 15 is 0 Å². The van der Waals surface area contributed by atoms with E-state index in [0.29, 0.717) is 6.04 Å². The summed E-state index contributed by atoms with van der Waals surface area (Å²) < 4.78 is 5.28. The first-order valence-corrected chi connectivity index (χ1v) is 6.30. The second-order valence-electron chi connectivity index (χ2n) is 4.85. The molecule has 2 atom stereocenters. The minimum atomic E-state index is 0.566. The van der Waals surface area contributed by atoms with Crippen molar-refractivity contribution in [2.24, 2.45) is 5.92 Å². The lowest BCUT2D eigenvalue weighted by Gasteiger charge is -2.38. The number of anilines is 1. The molecule has 1 aromatic rings. The zero-order valence-electron chi connectivity index (χ0n) is 10.9. The number of piperidine rings is 1. The van der Waals surface area contributed by atoms with Crippen molar-refractivity contribution >= 4 is 5.69 Å². The number of likely N-dealkylation sites (N-methyl/N-ethyl adjacent to an activating group) is 1. The molecule has 1 fully saturated rings. The lowest BCUT2D eigenvalue weighted by molar-refractivity contribution is 0.338. The van der Waals surface area contributed by atoms with Gasteiger partial charge in [-0.2, -0.15) is 0 Å². The number of hydrogen-bond acceptors (Lipinski definition) is 3. The van der Waals surface area contributed by atoms with Crippen molar-refractivity contribution in [2.45, 2.75) is 19.4 Å². The number of hydrogen-bond donors (Lipinski definition) is 1. The van der Waals surface area contributed by atoms with Gasteiger partial charge in [0.2, 0.25) is 0 Å². The van der Waals surface area contributed by atoms with Crippen LogP contribution in [0.25, 0.3) is 0 Å². The molecule has 0 radical (unpaired) electrons. The first-order valence-electron chi connectivity index (χ1n) is 6.30. The zero-order valence-corrected chi connectivity index (χ0v) is 10.9. The summed E-state index contributed by atoms with van der Waals surface area (Å²) in [7, 11) is 3.88. The molecule has 1 aliphatic heterocycles. The molecule has 3 nitrogen and oxygen atoms in total. The molecule has 3 heteroatoms. The molecule has 2 rings (SSSR count). The molecule has 1 heterocycles. The van der Waals surface area contributed by atoms with Crippen LogP contribution in [-0.2, 0) is 0 Å². The number of nitrogens with zero attached hydrogens (tertiary/aromatic N) is 1. The van der Waals surface area contributed by atoms with E-state index in [-0.39, 0.29) is 0 Å². The molecule has 1 aliphatic rings. The highest BCUT2D eigenvalue weighted by molar-refractivity contribution is 5.51. The molecule has 0 aliphatic carbocycles. The highest BCUT2D eigenvalue weighted by Crippen LogP contribution is 2.25. The zero-order chi connectivity index (χ0) is 12.3. The first kappa shape index (κ1) is 12.2. The topological polar surface area (TPSA) is 24.5 Å². The van der Waals surface area contributed by atoms with Gasteiger partial charge in [-0.25, -0.2) is 0 Å². The van der Waals surface area contributed by atoms with E-state index in [1.54, 1.807) is 7.11 Å². The van der Waals surface area contributed by atoms with E-state index < -0.39 is 0 Å². The van der Waals surface area contributed by atoms with Crippen LogP contribution >= 0.6 is 0 Å². The van der Waals surface area contributed by atoms with Crippen molar-refractivity contribution in [3.8, 4) is 5.75 Å². The molecular formula is C14H22N2O. The van der Waals surface area contributed by atoms with Gasteiger partial charge in [0, 0.05) is 31.4 Å². The van der Waals surface area contributed by atoms with E-state index in [9.17, 15) is 0 Å². The van der Waals surface area contributed by atoms with Crippen LogP contribution in [0.1, 0.15) is 13.3 Å². The Morgan fingerprint density at radius 1 is 1.41 bits per heavy atom. The van der Waals surface area contributed by atoms with E-state index in [0.717, 1.165) is 24.8 Å². The van der Waals surface area contributed by atoms with Crippen molar-refractivity contribution in [3.63, 3.8) is 0 Å². The molecule has 1 N–H and O–H groups in total. The van der Waals surface area contributed by atoms with Crippen molar-refractivity contribution < 1.29 is 4.74 Å². The van der Waals surface area contributed by atoms with Gasteiger partial charge in [-0.15, -0.1) is 0 Å². The van der Waals surface area contributed by atoms with E-state index in [1.807, 2.05) is 12.1 Å². The lowest BCUT2D eigenvalue weighted by atomic mass is 9.93. The molecule has 94 valence electrons. The lowest BCUT2D eigenvalue weighted by Crippen LogP contribution is -2.49. The van der Waals surface area contributed by atoms with Crippen LogP contribution in [0.2, 0.25) is 0 Å². The molecule has 1 saturated heterocycles. The van der Waals surface area contributed by atoms with Crippen LogP contribution in [0.4, 0.5) is 5.69 Å². The Bertz CT molecular complexity index is 367. The van der Waals surface area contributed by atoms with Gasteiger partial charge in [-0.3, -0.25) is 0 Å². The monoisotopic (exact) mass is 234 g/mol. The Morgan fingerprint density at radius 3 is 2.94 bits per heavy atom. The van der Waals surface area contributed by atoms with Crippen LogP contribution in [-0.4, -0.2) is 33.3 Å². The molecule has 0 aromatic heterocycles. The van der Waals surface area contributed by atoms with Crippen LogP contribution in [0.3, 0.4) is 0 Å². The largest absolute Gasteiger partial charge is 0.497 e. The number of rotatable bonds is 3. The molecule has 0 bridgehead atoms. The molecular weight excluding hydrogens is 212 g/mol. The summed E-state index contributed by atoms with van der Waals surface area (Å²) in [5, 5.41) is 3.47. The maximum Gasteiger partial charge on any atom is 0.120 e. The normalized spacial score (nSPS) is 24.4. The predicted molar refractivity (Wildman–Crippen MR) is 71.8 cm³/mol. The number of methoxy groups -OCH3 is 1. The van der Waals surface area contributed by atoms with Gasteiger partial charge in [0.25, 0.3) is 0 Å². The number of benzene rings is 1. The van der Waals surface area contributed by atoms with Gasteiger partial charge in [0.15, 0.2) is 0 Å². The third-order valence-electron chi connectivity index (χ3n) is 3.74. The van der Waals surface area contributed by atoms with Crippen molar-refractivity contribution in [2.75, 3.05) is 32.1 Å². The Hall–Kier alpha value is -1.22. The van der Waals surface area contributed by atoms with Gasteiger partial charge in [0.05, 0.1) is 7.11 Å². The average molecular weight is 234 g/mol. The summed E-state index contributed by atoms with van der Waals surface area (Å²) in [5.41, 5.74) is 1.23. The molecule has 0 saturated carbocycles. The van der Waals surface area contributed by atoms with Crippen molar-refractivity contribution in [1.82, 2.24) is 5.32 Å². The standard InChI is InChI=1S/C14H22N2O/c1-11-7-8-15-10-14(11)16(2)12-5-4-6-13(9-12)17-3/h4-6,9,11,14-15H,7-8,10H2,1-3H3. The minimum Gasteiger partial charge on any atom is -0.497 e. The minimum absolute atomic E-state index is 0.566. The van der Waals surface area contributed by atoms with Crippen LogP contribution in [0.15, 0.2) is 24.3 Å². The Balaban J connectivity index is 2.14. The van der Waals surface area contributed by atoms with Gasteiger partial charge >= 0.3 is 0 Å². The quantitative estimate of drug-likeness (QED) is 0.867. The molecule has 0 amide bonds. The van der Waals surface area contributed by atoms with Crippen LogP contribution in [0.5, 0.6) is 5.75 Å². The molecule has 17 heavy (non-hydrogen) atoms. The highest BCUT2D eigenvalue weighted by atomic mass is 16.5. The Morgan fingerprint density at radius 2 is 2.24 bits per heavy atom. The SMILES string of the molecule is COc1cccc(N(C)C2CNCCC2C)c1. The van der Waals surface area contributed by atoms with Crippen molar-refractivity contribution in [1.29, 1.82) is 0 Å². The third-order valence-corrected chi connectivity index (χ3v) is 3.74. The summed E-state index contributed by atoms with van der Waals surface area (Å²) in [4.78, 5) is 2.36. The van der Waals surface area contributed by atoms with E-state index in [2.05, 4.69) is 36.3 Å². The third kappa shape index (κ3) is 2.72. The maximum atomic E-state index is 5.28. The van der Waals surface area contributed by atoms with E-state index in [4.69, 9.17) is 4.74 Å². The average Bonchev–Trinajstić information content (AvgIpc) is 2.38. The summed E-state index contributed by atoms with van der Waals surface area (Å²) in [6.45, 7) is 4.54. The van der Waals surface area contributed by atoms with Gasteiger partial charge < -0.3 is 15.0 Å². The summed E-state index contributed by atoms with van der Waals surface area (Å²) >= 11 is 0. The van der Waals surface area contributed by atoms with Gasteiger partial charge in [-0.05, 0) is 31.0 Å². The first-order chi connectivity index (χ1) is 8.22. The molecule has 1 aromatic carbocycles. The van der Waals surface area contributed by atoms with Gasteiger partial charge in [-0.1, -0.05) is 13.0 Å². The fraction of sp³-hybridized carbons (Fsp3) is 0.571. The maximum absolute atomic E-state index is 5.28. The number of ether oxygens (including phenoxy) is 1. The molecule has 2 unspecified atom stereocenters. The van der Waals surface area contributed by atoms with Crippen molar-refractivity contribution in [3.05, 3.63) is 24.3 Å². The highest BCUT2D eigenvalue weighted by Gasteiger charge is 2.24. The summed E-state index contributed by atoms with van der Waals surface area (Å²) in [5.74, 6) is 1.65.